The summed E-state index contributed by atoms with van der Waals surface area (Å²) in [5, 5.41) is 11.7. The topological polar surface area (TPSA) is 82.2 Å². The van der Waals surface area contributed by atoms with E-state index in [2.05, 4.69) is 10.3 Å². The van der Waals surface area contributed by atoms with Crippen molar-refractivity contribution in [1.82, 2.24) is 10.3 Å². The van der Waals surface area contributed by atoms with E-state index in [0.717, 1.165) is 0 Å². The van der Waals surface area contributed by atoms with Gasteiger partial charge in [-0.05, 0) is 26.8 Å². The van der Waals surface area contributed by atoms with Gasteiger partial charge in [0.15, 0.2) is 0 Å². The summed E-state index contributed by atoms with van der Waals surface area (Å²) in [4.78, 5) is 25.3. The lowest BCUT2D eigenvalue weighted by Gasteiger charge is -2.23. The summed E-state index contributed by atoms with van der Waals surface area (Å²) in [5.41, 5.74) is -0.00466. The molecule has 1 amide bonds. The smallest absolute Gasteiger partial charge is 0.253 e. The molecule has 1 aromatic rings. The number of rotatable bonds is 3. The van der Waals surface area contributed by atoms with Crippen molar-refractivity contribution in [3.63, 3.8) is 0 Å². The Morgan fingerprint density at radius 3 is 2.62 bits per heavy atom. The Morgan fingerprint density at radius 2 is 2.12 bits per heavy atom. The van der Waals surface area contributed by atoms with E-state index < -0.39 is 5.54 Å². The lowest BCUT2D eigenvalue weighted by Crippen LogP contribution is -2.46. The Morgan fingerprint density at radius 1 is 1.50 bits per heavy atom. The van der Waals surface area contributed by atoms with Crippen LogP contribution in [0.1, 0.15) is 29.9 Å². The van der Waals surface area contributed by atoms with Crippen molar-refractivity contribution in [3.05, 3.63) is 33.7 Å². The molecule has 0 aliphatic rings. The number of pyridine rings is 1. The van der Waals surface area contributed by atoms with Crippen LogP contribution in [0.4, 0.5) is 0 Å². The van der Waals surface area contributed by atoms with E-state index in [9.17, 15) is 9.59 Å². The number of aromatic nitrogens is 1. The number of nitrogens with one attached hydrogen (secondary N) is 2. The molecule has 0 saturated heterocycles. The minimum absolute atomic E-state index is 0.152. The van der Waals surface area contributed by atoms with Crippen molar-refractivity contribution in [3.8, 4) is 0 Å². The number of aromatic amines is 1. The fourth-order valence-electron chi connectivity index (χ4n) is 1.24. The van der Waals surface area contributed by atoms with Crippen LogP contribution in [0.2, 0.25) is 0 Å². The maximum absolute atomic E-state index is 11.8. The van der Waals surface area contributed by atoms with Gasteiger partial charge in [-0.2, -0.15) is 0 Å². The second kappa shape index (κ2) is 4.49. The number of carbonyl (C=O) groups is 1. The van der Waals surface area contributed by atoms with Crippen LogP contribution in [0.25, 0.3) is 0 Å². The number of H-pyrrole nitrogens is 1. The molecule has 0 atom stereocenters. The Labute approximate surface area is 93.5 Å². The fraction of sp³-hybridized carbons (Fsp3) is 0.455. The molecule has 1 aromatic heterocycles. The second-order valence-corrected chi connectivity index (χ2v) is 4.36. The molecule has 3 N–H and O–H groups in total. The third kappa shape index (κ3) is 2.93. The average Bonchev–Trinajstić information content (AvgIpc) is 2.16. The van der Waals surface area contributed by atoms with E-state index in [-0.39, 0.29) is 18.1 Å². The molecule has 0 saturated carbocycles. The Kier molecular flexibility index (Phi) is 3.49. The Balaban J connectivity index is 2.94. The lowest BCUT2D eigenvalue weighted by atomic mass is 10.1. The van der Waals surface area contributed by atoms with E-state index >= 15 is 0 Å². The third-order valence-electron chi connectivity index (χ3n) is 2.21. The minimum atomic E-state index is -0.681. The van der Waals surface area contributed by atoms with Gasteiger partial charge in [0.05, 0.1) is 17.7 Å². The molecule has 88 valence electrons. The first kappa shape index (κ1) is 12.4. The highest BCUT2D eigenvalue weighted by molar-refractivity contribution is 5.95. The molecule has 1 rings (SSSR count). The first-order chi connectivity index (χ1) is 7.35. The summed E-state index contributed by atoms with van der Waals surface area (Å²) in [5.74, 6) is -0.312. The van der Waals surface area contributed by atoms with Gasteiger partial charge in [-0.25, -0.2) is 0 Å². The van der Waals surface area contributed by atoms with E-state index in [1.54, 1.807) is 20.8 Å². The molecule has 0 aliphatic heterocycles. The molecule has 0 aromatic carbocycles. The molecule has 16 heavy (non-hydrogen) atoms. The predicted octanol–water partition coefficient (Wildman–Crippen LogP) is 0.184. The average molecular weight is 224 g/mol. The van der Waals surface area contributed by atoms with Crippen LogP contribution >= 0.6 is 0 Å². The predicted molar refractivity (Wildman–Crippen MR) is 60.4 cm³/mol. The number of hydrogen-bond donors (Lipinski definition) is 3. The zero-order chi connectivity index (χ0) is 12.3. The molecule has 5 nitrogen and oxygen atoms in total. The monoisotopic (exact) mass is 224 g/mol. The van der Waals surface area contributed by atoms with Gasteiger partial charge in [-0.15, -0.1) is 0 Å². The minimum Gasteiger partial charge on any atom is -0.394 e. The molecule has 5 heteroatoms. The van der Waals surface area contributed by atoms with Gasteiger partial charge in [0.2, 0.25) is 5.56 Å². The van der Waals surface area contributed by atoms with Crippen molar-refractivity contribution in [2.24, 2.45) is 0 Å². The van der Waals surface area contributed by atoms with Crippen molar-refractivity contribution >= 4 is 5.91 Å². The molecule has 0 bridgehead atoms. The van der Waals surface area contributed by atoms with E-state index in [4.69, 9.17) is 5.11 Å². The number of amides is 1. The Hall–Kier alpha value is -1.62. The van der Waals surface area contributed by atoms with Crippen LogP contribution in [0.3, 0.4) is 0 Å². The molecule has 0 spiro atoms. The van der Waals surface area contributed by atoms with Gasteiger partial charge in [0.25, 0.3) is 5.91 Å². The third-order valence-corrected chi connectivity index (χ3v) is 2.21. The van der Waals surface area contributed by atoms with E-state index in [0.29, 0.717) is 11.3 Å². The second-order valence-electron chi connectivity index (χ2n) is 4.36. The highest BCUT2D eigenvalue weighted by atomic mass is 16.3. The van der Waals surface area contributed by atoms with Gasteiger partial charge in [-0.1, -0.05) is 0 Å². The zero-order valence-electron chi connectivity index (χ0n) is 9.63. The van der Waals surface area contributed by atoms with Crippen LogP contribution in [0.15, 0.2) is 16.9 Å². The number of aryl methyl sites for hydroxylation is 1. The first-order valence-electron chi connectivity index (χ1n) is 4.99. The summed E-state index contributed by atoms with van der Waals surface area (Å²) in [7, 11) is 0. The molecule has 0 unspecified atom stereocenters. The fourth-order valence-corrected chi connectivity index (χ4v) is 1.24. The van der Waals surface area contributed by atoms with Crippen LogP contribution < -0.4 is 10.9 Å². The summed E-state index contributed by atoms with van der Waals surface area (Å²) in [6.07, 6.45) is 0. The standard InChI is InChI=1S/C11H16N2O3/c1-7-8(4-5-9(15)12-7)10(16)13-11(2,3)6-14/h4-5,14H,6H2,1-3H3,(H,12,15)(H,13,16). The molecule has 1 heterocycles. The highest BCUT2D eigenvalue weighted by Gasteiger charge is 2.20. The summed E-state index contributed by atoms with van der Waals surface area (Å²) < 4.78 is 0. The summed E-state index contributed by atoms with van der Waals surface area (Å²) in [6.45, 7) is 4.93. The summed E-state index contributed by atoms with van der Waals surface area (Å²) in [6, 6.07) is 2.77. The van der Waals surface area contributed by atoms with Crippen LogP contribution in [0.5, 0.6) is 0 Å². The van der Waals surface area contributed by atoms with Crippen LogP contribution in [-0.4, -0.2) is 28.1 Å². The SMILES string of the molecule is Cc1[nH]c(=O)ccc1C(=O)NC(C)(C)CO. The number of carbonyl (C=O) groups excluding carboxylic acids is 1. The van der Waals surface area contributed by atoms with Crippen molar-refractivity contribution in [1.29, 1.82) is 0 Å². The van der Waals surface area contributed by atoms with Crippen LogP contribution in [-0.2, 0) is 0 Å². The van der Waals surface area contributed by atoms with E-state index in [1.807, 2.05) is 0 Å². The lowest BCUT2D eigenvalue weighted by molar-refractivity contribution is 0.0868. The molecular formula is C11H16N2O3. The van der Waals surface area contributed by atoms with Gasteiger partial charge in [0.1, 0.15) is 0 Å². The zero-order valence-corrected chi connectivity index (χ0v) is 9.63. The van der Waals surface area contributed by atoms with Gasteiger partial charge in [-0.3, -0.25) is 9.59 Å². The van der Waals surface area contributed by atoms with E-state index in [1.165, 1.54) is 12.1 Å². The molecule has 0 aliphatic carbocycles. The number of aliphatic hydroxyl groups is 1. The maximum atomic E-state index is 11.8. The van der Waals surface area contributed by atoms with Crippen molar-refractivity contribution < 1.29 is 9.90 Å². The number of aliphatic hydroxyl groups excluding tert-OH is 1. The molecule has 0 fully saturated rings. The largest absolute Gasteiger partial charge is 0.394 e. The van der Waals surface area contributed by atoms with Crippen LogP contribution in [0, 0.1) is 6.92 Å². The summed E-state index contributed by atoms with van der Waals surface area (Å²) >= 11 is 0. The van der Waals surface area contributed by atoms with Gasteiger partial charge in [0, 0.05) is 11.8 Å². The first-order valence-corrected chi connectivity index (χ1v) is 4.99. The van der Waals surface area contributed by atoms with Crippen molar-refractivity contribution in [2.45, 2.75) is 26.3 Å². The molecule has 0 radical (unpaired) electrons. The highest BCUT2D eigenvalue weighted by Crippen LogP contribution is 2.06. The normalized spacial score (nSPS) is 11.2. The number of hydrogen-bond acceptors (Lipinski definition) is 3. The Bertz CT molecular complexity index is 449. The maximum Gasteiger partial charge on any atom is 0.253 e. The van der Waals surface area contributed by atoms with Crippen molar-refractivity contribution in [2.75, 3.05) is 6.61 Å². The molecular weight excluding hydrogens is 208 g/mol. The van der Waals surface area contributed by atoms with Gasteiger partial charge < -0.3 is 15.4 Å². The quantitative estimate of drug-likeness (QED) is 0.685. The van der Waals surface area contributed by atoms with Gasteiger partial charge >= 0.3 is 0 Å².